The lowest BCUT2D eigenvalue weighted by Gasteiger charge is -2.21. The largest absolute Gasteiger partial charge is 0.457 e. The van der Waals surface area contributed by atoms with Gasteiger partial charge in [-0.05, 0) is 35.6 Å². The minimum absolute atomic E-state index is 0.0233. The van der Waals surface area contributed by atoms with Crippen molar-refractivity contribution in [2.75, 3.05) is 0 Å². The predicted molar refractivity (Wildman–Crippen MR) is 142 cm³/mol. The van der Waals surface area contributed by atoms with Gasteiger partial charge in [0, 0.05) is 5.56 Å². The summed E-state index contributed by atoms with van der Waals surface area (Å²) in [6.45, 7) is 8.04. The lowest BCUT2D eigenvalue weighted by Crippen LogP contribution is -2.23. The Kier molecular flexibility index (Phi) is 9.84. The molecule has 0 heterocycles. The number of hydrogen-bond donors (Lipinski definition) is 0. The van der Waals surface area contributed by atoms with Crippen LogP contribution in [-0.4, -0.2) is 12.9 Å². The number of esters is 1. The van der Waals surface area contributed by atoms with E-state index in [1.807, 2.05) is 58.0 Å². The van der Waals surface area contributed by atoms with Crippen molar-refractivity contribution < 1.29 is 14.3 Å². The molecule has 172 valence electrons. The summed E-state index contributed by atoms with van der Waals surface area (Å²) in [4.78, 5) is 12.8. The Morgan fingerprint density at radius 2 is 1.66 bits per heavy atom. The van der Waals surface area contributed by atoms with Crippen LogP contribution in [0.5, 0.6) is 11.5 Å². The van der Waals surface area contributed by atoms with Crippen molar-refractivity contribution in [1.82, 2.24) is 0 Å². The van der Waals surface area contributed by atoms with Crippen molar-refractivity contribution in [3.8, 4) is 17.6 Å². The molecule has 0 aromatic heterocycles. The van der Waals surface area contributed by atoms with Gasteiger partial charge in [0.1, 0.15) is 19.7 Å². The van der Waals surface area contributed by atoms with Gasteiger partial charge < -0.3 is 9.47 Å². The molecule has 0 bridgehead atoms. The number of nitriles is 1. The van der Waals surface area contributed by atoms with Gasteiger partial charge in [-0.15, -0.1) is 0 Å². The fourth-order valence-electron chi connectivity index (χ4n) is 3.60. The zero-order valence-electron chi connectivity index (χ0n) is 18.2. The van der Waals surface area contributed by atoms with Crippen molar-refractivity contribution in [3.63, 3.8) is 0 Å². The van der Waals surface area contributed by atoms with Crippen LogP contribution >= 0.6 is 63.7 Å². The minimum atomic E-state index is -1.01. The Labute approximate surface area is 223 Å². The molecule has 2 aromatic carbocycles. The van der Waals surface area contributed by atoms with Crippen LogP contribution in [-0.2, 0) is 9.53 Å². The first kappa shape index (κ1) is 27.4. The zero-order chi connectivity index (χ0) is 24.1. The number of carbonyl (C=O) groups is 1. The molecule has 4 atom stereocenters. The molecule has 4 nitrogen and oxygen atoms in total. The first-order chi connectivity index (χ1) is 15.1. The van der Waals surface area contributed by atoms with Crippen LogP contribution in [0.4, 0.5) is 0 Å². The minimum Gasteiger partial charge on any atom is -0.457 e. The molecule has 1 saturated carbocycles. The fraction of sp³-hybridized carbons (Fsp3) is 0.417. The second-order valence-corrected chi connectivity index (χ2v) is 15.6. The van der Waals surface area contributed by atoms with E-state index in [0.29, 0.717) is 17.1 Å². The highest BCUT2D eigenvalue weighted by Crippen LogP contribution is 2.66. The Bertz CT molecular complexity index is 954. The summed E-state index contributed by atoms with van der Waals surface area (Å²) >= 11 is 14.2. The molecule has 0 aliphatic heterocycles. The highest BCUT2D eigenvalue weighted by molar-refractivity contribution is 9.40. The topological polar surface area (TPSA) is 59.3 Å². The number of para-hydroxylation sites is 1. The number of halogens is 4. The molecule has 1 aliphatic carbocycles. The van der Waals surface area contributed by atoms with E-state index in [1.54, 1.807) is 24.3 Å². The highest BCUT2D eigenvalue weighted by Gasteiger charge is 2.67. The molecule has 1 aliphatic rings. The third kappa shape index (κ3) is 6.59. The van der Waals surface area contributed by atoms with Crippen LogP contribution in [0.1, 0.15) is 39.4 Å². The molecular formula is C24H25Br4NO3. The van der Waals surface area contributed by atoms with Crippen LogP contribution in [0.15, 0.2) is 54.6 Å². The third-order valence-electron chi connectivity index (χ3n) is 5.28. The van der Waals surface area contributed by atoms with Gasteiger partial charge in [0.05, 0.1) is 10.7 Å². The summed E-state index contributed by atoms with van der Waals surface area (Å²) in [5.41, 5.74) is 0.310. The van der Waals surface area contributed by atoms with E-state index in [-0.39, 0.29) is 28.0 Å². The summed E-state index contributed by atoms with van der Waals surface area (Å²) < 4.78 is 10.9. The number of benzene rings is 2. The van der Waals surface area contributed by atoms with Gasteiger partial charge in [0.2, 0.25) is 6.10 Å². The summed E-state index contributed by atoms with van der Waals surface area (Å²) in [6, 6.07) is 18.5. The molecule has 4 unspecified atom stereocenters. The van der Waals surface area contributed by atoms with Crippen LogP contribution in [0, 0.1) is 28.6 Å². The SMILES string of the molecule is CC.CC1(C)C(C(=O)OC(C#N)c2cccc(Oc3ccccc3)c2)C1C(Br)C(Br)(Br)Br. The number of hydrogen-bond acceptors (Lipinski definition) is 4. The molecule has 3 rings (SSSR count). The first-order valence-electron chi connectivity index (χ1n) is 10.2. The van der Waals surface area contributed by atoms with Crippen molar-refractivity contribution in [1.29, 1.82) is 5.26 Å². The maximum atomic E-state index is 12.9. The predicted octanol–water partition coefficient (Wildman–Crippen LogP) is 8.49. The quantitative estimate of drug-likeness (QED) is 0.225. The molecular weight excluding hydrogens is 670 g/mol. The van der Waals surface area contributed by atoms with E-state index in [4.69, 9.17) is 9.47 Å². The molecule has 0 amide bonds. The molecule has 0 saturated heterocycles. The Hall–Kier alpha value is -0.880. The molecule has 8 heteroatoms. The molecule has 1 fully saturated rings. The summed E-state index contributed by atoms with van der Waals surface area (Å²) in [5, 5.41) is 9.65. The van der Waals surface area contributed by atoms with Crippen LogP contribution in [0.25, 0.3) is 0 Å². The number of nitrogens with zero attached hydrogens (tertiary/aromatic N) is 1. The van der Waals surface area contributed by atoms with E-state index in [9.17, 15) is 10.1 Å². The summed E-state index contributed by atoms with van der Waals surface area (Å²) in [5.74, 6) is 0.576. The molecule has 0 spiro atoms. The van der Waals surface area contributed by atoms with Gasteiger partial charge in [-0.25, -0.2) is 0 Å². The lowest BCUT2D eigenvalue weighted by molar-refractivity contribution is -0.149. The van der Waals surface area contributed by atoms with Crippen LogP contribution in [0.2, 0.25) is 0 Å². The molecule has 0 radical (unpaired) electrons. The number of ether oxygens (including phenoxy) is 2. The van der Waals surface area contributed by atoms with Gasteiger partial charge in [0.25, 0.3) is 0 Å². The van der Waals surface area contributed by atoms with Crippen molar-refractivity contribution in [2.24, 2.45) is 17.3 Å². The molecule has 0 N–H and O–H groups in total. The van der Waals surface area contributed by atoms with E-state index >= 15 is 0 Å². The highest BCUT2D eigenvalue weighted by atomic mass is 80.0. The maximum absolute atomic E-state index is 12.9. The Balaban J connectivity index is 0.00000176. The van der Waals surface area contributed by atoms with E-state index in [1.165, 1.54) is 0 Å². The monoisotopic (exact) mass is 691 g/mol. The average Bonchev–Trinajstić information content (AvgIpc) is 3.34. The average molecular weight is 695 g/mol. The van der Waals surface area contributed by atoms with Crippen molar-refractivity contribution in [3.05, 3.63) is 60.2 Å². The smallest absolute Gasteiger partial charge is 0.311 e. The lowest BCUT2D eigenvalue weighted by atomic mass is 10.1. The van der Waals surface area contributed by atoms with Gasteiger partial charge in [-0.1, -0.05) is 122 Å². The number of carbonyl (C=O) groups excluding carboxylic acids is 1. The van der Waals surface area contributed by atoms with Gasteiger partial charge >= 0.3 is 5.97 Å². The van der Waals surface area contributed by atoms with Crippen molar-refractivity contribution >= 4 is 69.7 Å². The molecule has 2 aromatic rings. The van der Waals surface area contributed by atoms with E-state index in [2.05, 4.69) is 69.8 Å². The summed E-state index contributed by atoms with van der Waals surface area (Å²) in [7, 11) is 0. The van der Waals surface area contributed by atoms with Gasteiger partial charge in [0.15, 0.2) is 0 Å². The van der Waals surface area contributed by atoms with Crippen LogP contribution < -0.4 is 4.74 Å². The van der Waals surface area contributed by atoms with Gasteiger partial charge in [-0.2, -0.15) is 5.26 Å². The Morgan fingerprint density at radius 3 is 2.22 bits per heavy atom. The van der Waals surface area contributed by atoms with E-state index < -0.39 is 8.25 Å². The standard InChI is InChI=1S/C22H19Br4NO3.C2H6/c1-21(2)17(19(23)22(24,25)26)18(21)20(28)30-16(12-27)13-7-6-10-15(11-13)29-14-8-4-3-5-9-14;1-2/h3-11,16-19H,1-2H3;1-2H3. The zero-order valence-corrected chi connectivity index (χ0v) is 24.5. The second kappa shape index (κ2) is 11.5. The second-order valence-electron chi connectivity index (χ2n) is 7.70. The number of alkyl halides is 4. The number of rotatable bonds is 6. The van der Waals surface area contributed by atoms with Crippen LogP contribution in [0.3, 0.4) is 0 Å². The fourth-order valence-corrected chi connectivity index (χ4v) is 5.44. The first-order valence-corrected chi connectivity index (χ1v) is 13.5. The Morgan fingerprint density at radius 1 is 1.06 bits per heavy atom. The maximum Gasteiger partial charge on any atom is 0.311 e. The van der Waals surface area contributed by atoms with Gasteiger partial charge in [-0.3, -0.25) is 4.79 Å². The summed E-state index contributed by atoms with van der Waals surface area (Å²) in [6.07, 6.45) is -1.01. The van der Waals surface area contributed by atoms with E-state index in [0.717, 1.165) is 0 Å². The molecule has 32 heavy (non-hydrogen) atoms. The normalized spacial score (nSPS) is 20.6. The third-order valence-corrected chi connectivity index (χ3v) is 9.86. The van der Waals surface area contributed by atoms with Crippen molar-refractivity contribution in [2.45, 2.75) is 40.8 Å².